The zero-order chi connectivity index (χ0) is 21.9. The number of piperidine rings is 1. The molecule has 0 spiro atoms. The number of alkyl carbamates (subject to hydrolysis) is 1. The lowest BCUT2D eigenvalue weighted by Gasteiger charge is -2.32. The van der Waals surface area contributed by atoms with Gasteiger partial charge in [-0.3, -0.25) is 0 Å². The predicted molar refractivity (Wildman–Crippen MR) is 111 cm³/mol. The zero-order valence-electron chi connectivity index (χ0n) is 17.9. The van der Waals surface area contributed by atoms with Gasteiger partial charge in [-0.05, 0) is 57.7 Å². The summed E-state index contributed by atoms with van der Waals surface area (Å²) in [5.74, 6) is 0. The number of hydrogen-bond donors (Lipinski definition) is 1. The second-order valence-corrected chi connectivity index (χ2v) is 11.2. The second-order valence-electron chi connectivity index (χ2n) is 9.26. The number of amides is 1. The third-order valence-electron chi connectivity index (χ3n) is 4.69. The van der Waals surface area contributed by atoms with Gasteiger partial charge >= 0.3 is 6.09 Å². The number of nitrogens with one attached hydrogen (secondary N) is 1. The highest BCUT2D eigenvalue weighted by molar-refractivity contribution is 7.89. The molecular formula is C21H32N2O5S. The van der Waals surface area contributed by atoms with E-state index in [4.69, 9.17) is 4.74 Å². The zero-order valence-corrected chi connectivity index (χ0v) is 18.7. The Labute approximate surface area is 173 Å². The van der Waals surface area contributed by atoms with E-state index in [2.05, 4.69) is 5.32 Å². The Bertz CT molecular complexity index is 835. The van der Waals surface area contributed by atoms with E-state index in [9.17, 15) is 18.0 Å². The Hall–Kier alpha value is -1.93. The van der Waals surface area contributed by atoms with Gasteiger partial charge in [0, 0.05) is 24.5 Å². The summed E-state index contributed by atoms with van der Waals surface area (Å²) in [5.41, 5.74) is -0.310. The standard InChI is InChI=1S/C21H32N2O5S/c1-20(2,3)28-19(25)22-17-9-11-23(12-10-17)29(26,27)18-8-6-7-16(13-18)14-21(4,5)15-24/h6-8,13,15,17H,9-12,14H2,1-5H3,(H,22,25). The summed E-state index contributed by atoms with van der Waals surface area (Å²) in [6, 6.07) is 6.65. The van der Waals surface area contributed by atoms with Crippen LogP contribution in [0.25, 0.3) is 0 Å². The first-order chi connectivity index (χ1) is 13.3. The molecule has 1 aliphatic rings. The molecule has 0 atom stereocenters. The van der Waals surface area contributed by atoms with Gasteiger partial charge in [0.15, 0.2) is 0 Å². The molecule has 0 saturated carbocycles. The highest BCUT2D eigenvalue weighted by Crippen LogP contribution is 2.25. The second kappa shape index (κ2) is 8.83. The van der Waals surface area contributed by atoms with Crippen LogP contribution in [0.15, 0.2) is 29.2 Å². The molecule has 1 aromatic rings. The molecule has 0 aliphatic carbocycles. The summed E-state index contributed by atoms with van der Waals surface area (Å²) in [7, 11) is -3.63. The third kappa shape index (κ3) is 6.82. The van der Waals surface area contributed by atoms with Crippen molar-refractivity contribution in [1.29, 1.82) is 0 Å². The molecule has 0 unspecified atom stereocenters. The van der Waals surface area contributed by atoms with Crippen molar-refractivity contribution < 1.29 is 22.7 Å². The topological polar surface area (TPSA) is 92.8 Å². The number of carbonyl (C=O) groups is 2. The van der Waals surface area contributed by atoms with Crippen LogP contribution in [0, 0.1) is 5.41 Å². The van der Waals surface area contributed by atoms with Crippen molar-refractivity contribution >= 4 is 22.4 Å². The first kappa shape index (κ1) is 23.3. The van der Waals surface area contributed by atoms with Crippen molar-refractivity contribution in [3.63, 3.8) is 0 Å². The number of nitrogens with zero attached hydrogens (tertiary/aromatic N) is 1. The lowest BCUT2D eigenvalue weighted by molar-refractivity contribution is -0.114. The van der Waals surface area contributed by atoms with Crippen molar-refractivity contribution in [3.8, 4) is 0 Å². The molecule has 1 N–H and O–H groups in total. The summed E-state index contributed by atoms with van der Waals surface area (Å²) in [4.78, 5) is 23.3. The van der Waals surface area contributed by atoms with E-state index in [1.807, 2.05) is 19.9 Å². The summed E-state index contributed by atoms with van der Waals surface area (Å²) >= 11 is 0. The van der Waals surface area contributed by atoms with E-state index in [0.717, 1.165) is 11.8 Å². The summed E-state index contributed by atoms with van der Waals surface area (Å²) < 4.78 is 32.8. The van der Waals surface area contributed by atoms with Gasteiger partial charge in [0.2, 0.25) is 10.0 Å². The van der Waals surface area contributed by atoms with Crippen molar-refractivity contribution in [1.82, 2.24) is 9.62 Å². The first-order valence-corrected chi connectivity index (χ1v) is 11.3. The van der Waals surface area contributed by atoms with Crippen LogP contribution in [0.4, 0.5) is 4.79 Å². The molecule has 1 heterocycles. The van der Waals surface area contributed by atoms with E-state index < -0.39 is 27.1 Å². The van der Waals surface area contributed by atoms with Crippen molar-refractivity contribution in [2.45, 2.75) is 70.4 Å². The van der Waals surface area contributed by atoms with Gasteiger partial charge in [-0.2, -0.15) is 4.31 Å². The van der Waals surface area contributed by atoms with Gasteiger partial charge in [0.05, 0.1) is 4.90 Å². The Morgan fingerprint density at radius 2 is 1.83 bits per heavy atom. The maximum absolute atomic E-state index is 13.0. The third-order valence-corrected chi connectivity index (χ3v) is 6.58. The minimum Gasteiger partial charge on any atom is -0.444 e. The molecule has 0 aromatic heterocycles. The molecule has 162 valence electrons. The quantitative estimate of drug-likeness (QED) is 0.708. The number of hydrogen-bond acceptors (Lipinski definition) is 5. The molecule has 2 rings (SSSR count). The minimum absolute atomic E-state index is 0.115. The van der Waals surface area contributed by atoms with E-state index in [1.54, 1.807) is 39.0 Å². The lowest BCUT2D eigenvalue weighted by atomic mass is 9.87. The molecular weight excluding hydrogens is 392 g/mol. The maximum Gasteiger partial charge on any atom is 0.407 e. The minimum atomic E-state index is -3.63. The van der Waals surface area contributed by atoms with Gasteiger partial charge in [-0.15, -0.1) is 0 Å². The summed E-state index contributed by atoms with van der Waals surface area (Å²) in [6.07, 6.45) is 1.93. The predicted octanol–water partition coefficient (Wildman–Crippen LogP) is 3.13. The molecule has 1 saturated heterocycles. The molecule has 1 fully saturated rings. The fraction of sp³-hybridized carbons (Fsp3) is 0.619. The highest BCUT2D eigenvalue weighted by Gasteiger charge is 2.31. The van der Waals surface area contributed by atoms with Gasteiger partial charge in [0.25, 0.3) is 0 Å². The number of benzene rings is 1. The molecule has 0 bridgehead atoms. The Kier molecular flexibility index (Phi) is 7.11. The normalized spacial score (nSPS) is 17.0. The number of ether oxygens (including phenoxy) is 1. The molecule has 8 heteroatoms. The Balaban J connectivity index is 2.01. The van der Waals surface area contributed by atoms with Crippen LogP contribution < -0.4 is 5.32 Å². The van der Waals surface area contributed by atoms with Crippen LogP contribution in [0.2, 0.25) is 0 Å². The number of rotatable bonds is 6. The average molecular weight is 425 g/mol. The highest BCUT2D eigenvalue weighted by atomic mass is 32.2. The molecule has 29 heavy (non-hydrogen) atoms. The molecule has 7 nitrogen and oxygen atoms in total. The average Bonchev–Trinajstić information content (AvgIpc) is 2.60. The largest absolute Gasteiger partial charge is 0.444 e. The lowest BCUT2D eigenvalue weighted by Crippen LogP contribution is -2.47. The van der Waals surface area contributed by atoms with Gasteiger partial charge in [-0.1, -0.05) is 26.0 Å². The summed E-state index contributed by atoms with van der Waals surface area (Å²) in [5, 5.41) is 2.81. The Morgan fingerprint density at radius 3 is 2.38 bits per heavy atom. The van der Waals surface area contributed by atoms with Gasteiger partial charge in [0.1, 0.15) is 11.9 Å². The Morgan fingerprint density at radius 1 is 1.21 bits per heavy atom. The van der Waals surface area contributed by atoms with Crippen LogP contribution in [0.3, 0.4) is 0 Å². The SMILES string of the molecule is CC(C)(C=O)Cc1cccc(S(=O)(=O)N2CCC(NC(=O)OC(C)(C)C)CC2)c1. The van der Waals surface area contributed by atoms with E-state index in [0.29, 0.717) is 32.4 Å². The van der Waals surface area contributed by atoms with Gasteiger partial charge < -0.3 is 14.8 Å². The molecule has 1 amide bonds. The van der Waals surface area contributed by atoms with Crippen LogP contribution in [-0.4, -0.2) is 49.8 Å². The van der Waals surface area contributed by atoms with E-state index >= 15 is 0 Å². The van der Waals surface area contributed by atoms with Crippen LogP contribution in [0.1, 0.15) is 53.0 Å². The first-order valence-electron chi connectivity index (χ1n) is 9.87. The number of carbonyl (C=O) groups excluding carboxylic acids is 2. The molecule has 1 aromatic carbocycles. The molecule has 1 aliphatic heterocycles. The van der Waals surface area contributed by atoms with Crippen molar-refractivity contribution in [2.24, 2.45) is 5.41 Å². The monoisotopic (exact) mass is 424 g/mol. The number of aldehydes is 1. The summed E-state index contributed by atoms with van der Waals surface area (Å²) in [6.45, 7) is 9.69. The maximum atomic E-state index is 13.0. The van der Waals surface area contributed by atoms with Gasteiger partial charge in [-0.25, -0.2) is 13.2 Å². The van der Waals surface area contributed by atoms with E-state index in [-0.39, 0.29) is 10.9 Å². The van der Waals surface area contributed by atoms with Crippen molar-refractivity contribution in [3.05, 3.63) is 29.8 Å². The number of sulfonamides is 1. The van der Waals surface area contributed by atoms with Crippen LogP contribution in [0.5, 0.6) is 0 Å². The fourth-order valence-electron chi connectivity index (χ4n) is 3.25. The van der Waals surface area contributed by atoms with E-state index in [1.165, 1.54) is 4.31 Å². The van der Waals surface area contributed by atoms with Crippen LogP contribution >= 0.6 is 0 Å². The van der Waals surface area contributed by atoms with Crippen LogP contribution in [-0.2, 0) is 26.0 Å². The smallest absolute Gasteiger partial charge is 0.407 e. The van der Waals surface area contributed by atoms with Crippen molar-refractivity contribution in [2.75, 3.05) is 13.1 Å². The molecule has 0 radical (unpaired) electrons. The fourth-order valence-corrected chi connectivity index (χ4v) is 4.79.